The fraction of sp³-hybridized carbons (Fsp3) is 0.722. The van der Waals surface area contributed by atoms with Crippen LogP contribution in [-0.4, -0.2) is 38.8 Å². The minimum atomic E-state index is 0. The van der Waals surface area contributed by atoms with E-state index in [-0.39, 0.29) is 24.0 Å². The van der Waals surface area contributed by atoms with Gasteiger partial charge in [-0.1, -0.05) is 13.8 Å². The van der Waals surface area contributed by atoms with Crippen LogP contribution in [0.4, 0.5) is 0 Å². The maximum atomic E-state index is 5.42. The summed E-state index contributed by atoms with van der Waals surface area (Å²) in [6.07, 6.45) is 6.11. The minimum Gasteiger partial charge on any atom is -0.469 e. The fourth-order valence-electron chi connectivity index (χ4n) is 2.60. The van der Waals surface area contributed by atoms with Crippen molar-refractivity contribution in [3.05, 3.63) is 24.2 Å². The highest BCUT2D eigenvalue weighted by atomic mass is 127. The first-order valence-electron chi connectivity index (χ1n) is 8.86. The molecule has 0 radical (unpaired) electrons. The Labute approximate surface area is 163 Å². The summed E-state index contributed by atoms with van der Waals surface area (Å²) in [5.41, 5.74) is 0. The zero-order valence-electron chi connectivity index (χ0n) is 14.9. The van der Waals surface area contributed by atoms with Crippen molar-refractivity contribution in [1.82, 2.24) is 10.6 Å². The molecule has 1 fully saturated rings. The molecule has 0 spiro atoms. The minimum absolute atomic E-state index is 0. The third kappa shape index (κ3) is 8.92. The van der Waals surface area contributed by atoms with Crippen LogP contribution >= 0.6 is 24.0 Å². The largest absolute Gasteiger partial charge is 0.469 e. The van der Waals surface area contributed by atoms with Gasteiger partial charge < -0.3 is 19.8 Å². The highest BCUT2D eigenvalue weighted by Gasteiger charge is 2.15. The van der Waals surface area contributed by atoms with E-state index in [1.807, 2.05) is 12.1 Å². The number of nitrogens with zero attached hydrogens (tertiary/aromatic N) is 1. The Morgan fingerprint density at radius 1 is 1.33 bits per heavy atom. The van der Waals surface area contributed by atoms with Crippen LogP contribution in [0.15, 0.2) is 27.8 Å². The van der Waals surface area contributed by atoms with Gasteiger partial charge in [-0.25, -0.2) is 0 Å². The molecule has 24 heavy (non-hydrogen) atoms. The highest BCUT2D eigenvalue weighted by Crippen LogP contribution is 2.12. The molecule has 1 aliphatic rings. The second-order valence-electron chi connectivity index (χ2n) is 6.64. The van der Waals surface area contributed by atoms with Gasteiger partial charge in [0, 0.05) is 38.6 Å². The lowest BCUT2D eigenvalue weighted by Gasteiger charge is -2.14. The van der Waals surface area contributed by atoms with Crippen molar-refractivity contribution in [2.75, 3.05) is 32.8 Å². The van der Waals surface area contributed by atoms with Gasteiger partial charge in [0.15, 0.2) is 5.96 Å². The molecule has 0 aromatic carbocycles. The Morgan fingerprint density at radius 2 is 2.17 bits per heavy atom. The molecule has 1 saturated heterocycles. The van der Waals surface area contributed by atoms with Crippen LogP contribution < -0.4 is 10.6 Å². The third-order valence-electron chi connectivity index (χ3n) is 4.03. The van der Waals surface area contributed by atoms with Crippen molar-refractivity contribution >= 4 is 29.9 Å². The average Bonchev–Trinajstić information content (AvgIpc) is 3.21. The predicted octanol–water partition coefficient (Wildman–Crippen LogP) is 3.45. The lowest BCUT2D eigenvalue weighted by molar-refractivity contribution is 0.187. The SMILES string of the molecule is CC(C)CCCNC(=NCC1CCOC1)NCCc1ccco1.I. The first kappa shape index (κ1) is 21.3. The third-order valence-corrected chi connectivity index (χ3v) is 4.03. The fourth-order valence-corrected chi connectivity index (χ4v) is 2.60. The molecule has 138 valence electrons. The second kappa shape index (κ2) is 12.6. The first-order valence-corrected chi connectivity index (χ1v) is 8.86. The molecule has 1 atom stereocenters. The van der Waals surface area contributed by atoms with Gasteiger partial charge in [0.1, 0.15) is 5.76 Å². The molecule has 0 saturated carbocycles. The lowest BCUT2D eigenvalue weighted by atomic mass is 10.1. The molecule has 1 aliphatic heterocycles. The summed E-state index contributed by atoms with van der Waals surface area (Å²) in [7, 11) is 0. The Kier molecular flexibility index (Phi) is 11.2. The zero-order chi connectivity index (χ0) is 16.3. The number of ether oxygens (including phenoxy) is 1. The molecule has 1 unspecified atom stereocenters. The van der Waals surface area contributed by atoms with E-state index in [0.717, 1.165) is 63.3 Å². The van der Waals surface area contributed by atoms with E-state index in [0.29, 0.717) is 5.92 Å². The van der Waals surface area contributed by atoms with E-state index < -0.39 is 0 Å². The maximum absolute atomic E-state index is 5.42. The first-order chi connectivity index (χ1) is 11.2. The number of guanidine groups is 1. The van der Waals surface area contributed by atoms with Crippen molar-refractivity contribution in [3.8, 4) is 0 Å². The molecule has 2 rings (SSSR count). The maximum Gasteiger partial charge on any atom is 0.191 e. The molecule has 0 bridgehead atoms. The number of aliphatic imine (C=N–C) groups is 1. The van der Waals surface area contributed by atoms with Gasteiger partial charge >= 0.3 is 0 Å². The molecule has 1 aromatic heterocycles. The summed E-state index contributed by atoms with van der Waals surface area (Å²) in [5, 5.41) is 6.85. The van der Waals surface area contributed by atoms with Crippen LogP contribution in [0.5, 0.6) is 0 Å². The highest BCUT2D eigenvalue weighted by molar-refractivity contribution is 14.0. The normalized spacial score (nSPS) is 17.8. The molecule has 2 heterocycles. The van der Waals surface area contributed by atoms with Crippen LogP contribution in [0.1, 0.15) is 38.9 Å². The molecule has 5 nitrogen and oxygen atoms in total. The summed E-state index contributed by atoms with van der Waals surface area (Å²) >= 11 is 0. The molecule has 6 heteroatoms. The molecule has 0 amide bonds. The van der Waals surface area contributed by atoms with Gasteiger partial charge in [-0.2, -0.15) is 0 Å². The smallest absolute Gasteiger partial charge is 0.191 e. The van der Waals surface area contributed by atoms with Crippen LogP contribution in [0.2, 0.25) is 0 Å². The Hall–Kier alpha value is -0.760. The van der Waals surface area contributed by atoms with Gasteiger partial charge in [-0.3, -0.25) is 4.99 Å². The van der Waals surface area contributed by atoms with E-state index in [1.54, 1.807) is 6.26 Å². The van der Waals surface area contributed by atoms with E-state index in [4.69, 9.17) is 14.1 Å². The molecule has 2 N–H and O–H groups in total. The summed E-state index contributed by atoms with van der Waals surface area (Å²) in [6.45, 7) is 8.87. The Morgan fingerprint density at radius 3 is 2.83 bits per heavy atom. The van der Waals surface area contributed by atoms with Crippen molar-refractivity contribution < 1.29 is 9.15 Å². The summed E-state index contributed by atoms with van der Waals surface area (Å²) < 4.78 is 10.8. The van der Waals surface area contributed by atoms with E-state index in [2.05, 4.69) is 24.5 Å². The van der Waals surface area contributed by atoms with Gasteiger partial charge in [0.05, 0.1) is 12.9 Å². The van der Waals surface area contributed by atoms with Gasteiger partial charge in [0.2, 0.25) is 0 Å². The molecule has 1 aromatic rings. The number of rotatable bonds is 9. The average molecular weight is 449 g/mol. The molecule has 0 aliphatic carbocycles. The van der Waals surface area contributed by atoms with Crippen molar-refractivity contribution in [2.45, 2.75) is 39.5 Å². The van der Waals surface area contributed by atoms with Crippen molar-refractivity contribution in [3.63, 3.8) is 0 Å². The van der Waals surface area contributed by atoms with Crippen molar-refractivity contribution in [1.29, 1.82) is 0 Å². The predicted molar refractivity (Wildman–Crippen MR) is 109 cm³/mol. The summed E-state index contributed by atoms with van der Waals surface area (Å²) in [4.78, 5) is 4.73. The van der Waals surface area contributed by atoms with E-state index in [9.17, 15) is 0 Å². The van der Waals surface area contributed by atoms with Crippen LogP contribution in [-0.2, 0) is 11.2 Å². The van der Waals surface area contributed by atoms with E-state index in [1.165, 1.54) is 12.8 Å². The second-order valence-corrected chi connectivity index (χ2v) is 6.64. The van der Waals surface area contributed by atoms with Crippen LogP contribution in [0.3, 0.4) is 0 Å². The lowest BCUT2D eigenvalue weighted by Crippen LogP contribution is -2.39. The number of hydrogen-bond donors (Lipinski definition) is 2. The number of halogens is 1. The zero-order valence-corrected chi connectivity index (χ0v) is 17.3. The number of nitrogens with one attached hydrogen (secondary N) is 2. The van der Waals surface area contributed by atoms with Crippen LogP contribution in [0.25, 0.3) is 0 Å². The quantitative estimate of drug-likeness (QED) is 0.263. The van der Waals surface area contributed by atoms with Gasteiger partial charge in [-0.15, -0.1) is 24.0 Å². The van der Waals surface area contributed by atoms with Gasteiger partial charge in [-0.05, 0) is 37.3 Å². The summed E-state index contributed by atoms with van der Waals surface area (Å²) in [6, 6.07) is 3.93. The topological polar surface area (TPSA) is 58.8 Å². The van der Waals surface area contributed by atoms with Crippen LogP contribution in [0, 0.1) is 11.8 Å². The molecular weight excluding hydrogens is 417 g/mol. The monoisotopic (exact) mass is 449 g/mol. The Balaban J connectivity index is 0.00000288. The number of furan rings is 1. The standard InChI is InChI=1S/C18H31N3O2.HI/c1-15(2)5-3-9-19-18(21-13-16-8-12-22-14-16)20-10-7-17-6-4-11-23-17;/h4,6,11,15-16H,3,5,7-10,12-14H2,1-2H3,(H2,19,20,21);1H. The number of hydrogen-bond acceptors (Lipinski definition) is 3. The summed E-state index contributed by atoms with van der Waals surface area (Å²) in [5.74, 6) is 3.22. The Bertz CT molecular complexity index is 443. The van der Waals surface area contributed by atoms with Crippen molar-refractivity contribution in [2.24, 2.45) is 16.8 Å². The molecular formula is C18H32IN3O2. The van der Waals surface area contributed by atoms with Gasteiger partial charge in [0.25, 0.3) is 0 Å². The van der Waals surface area contributed by atoms with E-state index >= 15 is 0 Å².